The van der Waals surface area contributed by atoms with Gasteiger partial charge < -0.3 is 14.5 Å². The van der Waals surface area contributed by atoms with E-state index < -0.39 is 0 Å². The van der Waals surface area contributed by atoms with Crippen molar-refractivity contribution in [2.75, 3.05) is 26.7 Å². The molecule has 2 aliphatic rings. The lowest BCUT2D eigenvalue weighted by Gasteiger charge is -2.17. The average Bonchev–Trinajstić information content (AvgIpc) is 3.06. The summed E-state index contributed by atoms with van der Waals surface area (Å²) in [5.41, 5.74) is 1.08. The lowest BCUT2D eigenvalue weighted by molar-refractivity contribution is 0.129. The van der Waals surface area contributed by atoms with Crippen LogP contribution in [-0.4, -0.2) is 37.9 Å². The van der Waals surface area contributed by atoms with Crippen LogP contribution in [0.2, 0.25) is 0 Å². The van der Waals surface area contributed by atoms with E-state index in [0.717, 1.165) is 23.8 Å². The molecule has 3 rings (SSSR count). The van der Waals surface area contributed by atoms with Gasteiger partial charge >= 0.3 is 0 Å². The molecule has 0 aliphatic carbocycles. The van der Waals surface area contributed by atoms with Crippen LogP contribution in [0.4, 0.5) is 0 Å². The lowest BCUT2D eigenvalue weighted by Crippen LogP contribution is -2.24. The van der Waals surface area contributed by atoms with Crippen LogP contribution in [0.3, 0.4) is 0 Å². The summed E-state index contributed by atoms with van der Waals surface area (Å²) >= 11 is 0. The van der Waals surface area contributed by atoms with Gasteiger partial charge in [-0.3, -0.25) is 0 Å². The van der Waals surface area contributed by atoms with Crippen molar-refractivity contribution in [2.24, 2.45) is 17.0 Å². The molecule has 4 heteroatoms. The maximum atomic E-state index is 5.38. The van der Waals surface area contributed by atoms with Gasteiger partial charge in [0.25, 0.3) is 0 Å². The van der Waals surface area contributed by atoms with Gasteiger partial charge in [0.05, 0.1) is 7.11 Å². The number of methoxy groups -OCH3 is 1. The van der Waals surface area contributed by atoms with E-state index in [-0.39, 0.29) is 0 Å². The first kappa shape index (κ1) is 12.5. The largest absolute Gasteiger partial charge is 0.497 e. The minimum atomic E-state index is 0.495. The van der Waals surface area contributed by atoms with Gasteiger partial charge in [-0.15, -0.1) is 0 Å². The van der Waals surface area contributed by atoms with Gasteiger partial charge in [-0.05, 0) is 36.6 Å². The molecule has 2 saturated heterocycles. The molecule has 1 aromatic carbocycles. The van der Waals surface area contributed by atoms with Gasteiger partial charge in [-0.25, -0.2) is 0 Å². The second-order valence-corrected chi connectivity index (χ2v) is 5.35. The molecule has 3 atom stereocenters. The first-order chi connectivity index (χ1) is 9.35. The number of nitrogens with zero attached hydrogens (tertiary/aromatic N) is 2. The molecule has 0 aromatic heterocycles. The summed E-state index contributed by atoms with van der Waals surface area (Å²) in [7, 11) is 1.67. The maximum Gasteiger partial charge on any atom is 0.142 e. The Balaban J connectivity index is 1.47. The highest BCUT2D eigenvalue weighted by atomic mass is 16.6. The quantitative estimate of drug-likeness (QED) is 0.601. The van der Waals surface area contributed by atoms with Gasteiger partial charge in [-0.2, -0.15) is 0 Å². The van der Waals surface area contributed by atoms with E-state index in [1.54, 1.807) is 7.11 Å². The molecule has 19 heavy (non-hydrogen) atoms. The van der Waals surface area contributed by atoms with Gasteiger partial charge in [0.15, 0.2) is 0 Å². The molecule has 2 unspecified atom stereocenters. The Morgan fingerprint density at radius 1 is 1.42 bits per heavy atom. The third kappa shape index (κ3) is 2.89. The molecular weight excluding hydrogens is 240 g/mol. The minimum absolute atomic E-state index is 0.495. The van der Waals surface area contributed by atoms with Crippen molar-refractivity contribution in [3.05, 3.63) is 29.8 Å². The topological polar surface area (TPSA) is 34.1 Å². The van der Waals surface area contributed by atoms with Crippen LogP contribution in [0.5, 0.6) is 5.75 Å². The molecule has 4 nitrogen and oxygen atoms in total. The van der Waals surface area contributed by atoms with Crippen molar-refractivity contribution in [1.29, 1.82) is 0 Å². The monoisotopic (exact) mass is 260 g/mol. The summed E-state index contributed by atoms with van der Waals surface area (Å²) < 4.78 is 5.18. The third-order valence-electron chi connectivity index (χ3n) is 4.08. The fourth-order valence-electron chi connectivity index (χ4n) is 2.99. The average molecular weight is 260 g/mol. The highest BCUT2D eigenvalue weighted by molar-refractivity contribution is 5.61. The molecule has 0 spiro atoms. The number of ether oxygens (including phenoxy) is 1. The van der Waals surface area contributed by atoms with Gasteiger partial charge in [-0.1, -0.05) is 17.3 Å². The lowest BCUT2D eigenvalue weighted by atomic mass is 9.94. The first-order valence-electron chi connectivity index (χ1n) is 6.86. The Morgan fingerprint density at radius 3 is 3.11 bits per heavy atom. The van der Waals surface area contributed by atoms with Crippen molar-refractivity contribution in [3.63, 3.8) is 0 Å². The van der Waals surface area contributed by atoms with Crippen LogP contribution >= 0.6 is 0 Å². The smallest absolute Gasteiger partial charge is 0.142 e. The maximum absolute atomic E-state index is 5.38. The van der Waals surface area contributed by atoms with E-state index in [4.69, 9.17) is 9.57 Å². The van der Waals surface area contributed by atoms with Crippen molar-refractivity contribution in [3.8, 4) is 5.75 Å². The van der Waals surface area contributed by atoms with Crippen LogP contribution in [0.1, 0.15) is 12.0 Å². The molecule has 2 bridgehead atoms. The molecule has 0 radical (unpaired) electrons. The molecule has 2 heterocycles. The normalized spacial score (nSPS) is 29.0. The zero-order chi connectivity index (χ0) is 13.1. The van der Waals surface area contributed by atoms with Crippen molar-refractivity contribution in [2.45, 2.75) is 13.0 Å². The fraction of sp³-hybridized carbons (Fsp3) is 0.533. The summed E-state index contributed by atoms with van der Waals surface area (Å²) in [6.07, 6.45) is 3.30. The minimum Gasteiger partial charge on any atom is -0.497 e. The van der Waals surface area contributed by atoms with Crippen molar-refractivity contribution in [1.82, 2.24) is 4.90 Å². The summed E-state index contributed by atoms with van der Waals surface area (Å²) in [5.74, 6) is 2.23. The Bertz CT molecular complexity index is 461. The molecule has 0 amide bonds. The van der Waals surface area contributed by atoms with Gasteiger partial charge in [0.1, 0.15) is 12.4 Å². The SMILES string of the molecule is COc1cccc(CO/N=C/C2CN3CC[C@@H]2C3)c1. The van der Waals surface area contributed by atoms with Crippen LogP contribution in [0.25, 0.3) is 0 Å². The Labute approximate surface area is 114 Å². The Hall–Kier alpha value is -1.55. The molecule has 2 fully saturated rings. The summed E-state index contributed by atoms with van der Waals surface area (Å²) in [5, 5.41) is 4.13. The first-order valence-corrected chi connectivity index (χ1v) is 6.86. The second kappa shape index (κ2) is 5.61. The summed E-state index contributed by atoms with van der Waals surface area (Å²) in [6.45, 7) is 4.15. The highest BCUT2D eigenvalue weighted by Gasteiger charge is 2.36. The second-order valence-electron chi connectivity index (χ2n) is 5.35. The van der Waals surface area contributed by atoms with Crippen LogP contribution in [0.15, 0.2) is 29.4 Å². The van der Waals surface area contributed by atoms with Crippen LogP contribution in [-0.2, 0) is 11.4 Å². The predicted octanol–water partition coefficient (Wildman–Crippen LogP) is 2.15. The van der Waals surface area contributed by atoms with E-state index in [2.05, 4.69) is 10.1 Å². The molecule has 0 saturated carbocycles. The number of hydrogen-bond acceptors (Lipinski definition) is 4. The Kier molecular flexibility index (Phi) is 3.69. The molecular formula is C15H20N2O2. The molecule has 2 aliphatic heterocycles. The van der Waals surface area contributed by atoms with Gasteiger partial charge in [0.2, 0.25) is 0 Å². The molecule has 1 aromatic rings. The fourth-order valence-corrected chi connectivity index (χ4v) is 2.99. The standard InChI is InChI=1S/C15H20N2O2/c1-18-15-4-2-3-12(7-15)11-19-16-8-14-10-17-6-5-13(14)9-17/h2-4,7-8,13-14H,5-6,9-11H2,1H3/b16-8+/t13-,14?/m1/s1. The van der Waals surface area contributed by atoms with Crippen LogP contribution in [0, 0.1) is 11.8 Å². The number of benzene rings is 1. The third-order valence-corrected chi connectivity index (χ3v) is 4.08. The van der Waals surface area contributed by atoms with Crippen LogP contribution < -0.4 is 4.74 Å². The zero-order valence-corrected chi connectivity index (χ0v) is 11.3. The van der Waals surface area contributed by atoms with Crippen molar-refractivity contribution >= 4 is 6.21 Å². The number of rotatable bonds is 5. The molecule has 0 N–H and O–H groups in total. The Morgan fingerprint density at radius 2 is 2.37 bits per heavy atom. The number of piperidine rings is 1. The zero-order valence-electron chi connectivity index (χ0n) is 11.3. The number of hydrogen-bond donors (Lipinski definition) is 0. The van der Waals surface area contributed by atoms with E-state index in [9.17, 15) is 0 Å². The van der Waals surface area contributed by atoms with E-state index in [0.29, 0.717) is 12.5 Å². The van der Waals surface area contributed by atoms with Gasteiger partial charge in [0, 0.05) is 25.2 Å². The molecule has 102 valence electrons. The number of fused-ring (bicyclic) bond motifs is 2. The van der Waals surface area contributed by atoms with Crippen molar-refractivity contribution < 1.29 is 9.57 Å². The summed E-state index contributed by atoms with van der Waals surface area (Å²) in [4.78, 5) is 7.89. The predicted molar refractivity (Wildman–Crippen MR) is 74.3 cm³/mol. The summed E-state index contributed by atoms with van der Waals surface area (Å²) in [6, 6.07) is 7.88. The van der Waals surface area contributed by atoms with E-state index >= 15 is 0 Å². The highest BCUT2D eigenvalue weighted by Crippen LogP contribution is 2.31. The van der Waals surface area contributed by atoms with E-state index in [1.165, 1.54) is 19.5 Å². The number of oxime groups is 1. The van der Waals surface area contributed by atoms with E-state index in [1.807, 2.05) is 30.5 Å².